The summed E-state index contributed by atoms with van der Waals surface area (Å²) in [6.07, 6.45) is 3.16. The van der Waals surface area contributed by atoms with E-state index in [-0.39, 0.29) is 23.1 Å². The highest BCUT2D eigenvalue weighted by molar-refractivity contribution is 6.03. The van der Waals surface area contributed by atoms with Gasteiger partial charge in [-0.15, -0.1) is 0 Å². The van der Waals surface area contributed by atoms with Crippen molar-refractivity contribution in [2.45, 2.75) is 26.4 Å². The molecule has 0 atom stereocenters. The summed E-state index contributed by atoms with van der Waals surface area (Å²) in [5.74, 6) is -1.37. The van der Waals surface area contributed by atoms with E-state index in [4.69, 9.17) is 10.2 Å². The van der Waals surface area contributed by atoms with Gasteiger partial charge in [0, 0.05) is 36.4 Å². The van der Waals surface area contributed by atoms with Crippen LogP contribution in [-0.2, 0) is 17.9 Å². The van der Waals surface area contributed by atoms with Crippen LogP contribution in [0.1, 0.15) is 29.4 Å². The zero-order valence-electron chi connectivity index (χ0n) is 20.8. The van der Waals surface area contributed by atoms with Crippen LogP contribution in [-0.4, -0.2) is 52.6 Å². The van der Waals surface area contributed by atoms with Gasteiger partial charge in [-0.2, -0.15) is 14.6 Å². The fraction of sp³-hybridized carbons (Fsp3) is 0.185. The molecule has 196 valence electrons. The number of aromatic nitrogens is 6. The van der Waals surface area contributed by atoms with E-state index < -0.39 is 11.9 Å². The van der Waals surface area contributed by atoms with Crippen LogP contribution in [0.5, 0.6) is 0 Å². The number of carbonyl (C=O) groups is 2. The van der Waals surface area contributed by atoms with Gasteiger partial charge in [0.05, 0.1) is 36.2 Å². The van der Waals surface area contributed by atoms with E-state index in [1.165, 1.54) is 28.9 Å². The molecule has 0 unspecified atom stereocenters. The number of anilines is 1. The van der Waals surface area contributed by atoms with Crippen molar-refractivity contribution >= 4 is 23.3 Å². The summed E-state index contributed by atoms with van der Waals surface area (Å²) in [4.78, 5) is 34.7. The van der Waals surface area contributed by atoms with Crippen LogP contribution in [0.3, 0.4) is 0 Å². The Morgan fingerprint density at radius 1 is 1.03 bits per heavy atom. The summed E-state index contributed by atoms with van der Waals surface area (Å²) in [7, 11) is 0. The molecule has 10 nitrogen and oxygen atoms in total. The second-order valence-corrected chi connectivity index (χ2v) is 9.04. The Morgan fingerprint density at radius 2 is 1.85 bits per heavy atom. The number of carbonyl (C=O) groups excluding carboxylic acids is 2. The first-order valence-electron chi connectivity index (χ1n) is 12.3. The maximum Gasteiger partial charge on any atom is 0.257 e. The Hall–Kier alpha value is -5.00. The molecule has 0 bridgehead atoms. The predicted molar refractivity (Wildman–Crippen MR) is 137 cm³/mol. The third kappa shape index (κ3) is 4.60. The third-order valence-corrected chi connectivity index (χ3v) is 6.56. The van der Waals surface area contributed by atoms with Gasteiger partial charge in [0.1, 0.15) is 11.5 Å². The Labute approximate surface area is 220 Å². The smallest absolute Gasteiger partial charge is 0.257 e. The molecule has 0 aliphatic carbocycles. The number of amides is 2. The number of imidazole rings is 1. The lowest BCUT2D eigenvalue weighted by Crippen LogP contribution is -2.38. The lowest BCUT2D eigenvalue weighted by Gasteiger charge is -2.28. The molecule has 0 saturated carbocycles. The van der Waals surface area contributed by atoms with E-state index in [9.17, 15) is 18.4 Å². The van der Waals surface area contributed by atoms with E-state index in [1.54, 1.807) is 35.4 Å². The Kier molecular flexibility index (Phi) is 6.06. The van der Waals surface area contributed by atoms with E-state index in [0.29, 0.717) is 48.7 Å². The van der Waals surface area contributed by atoms with Crippen molar-refractivity contribution < 1.29 is 18.4 Å². The van der Waals surface area contributed by atoms with Gasteiger partial charge in [-0.05, 0) is 42.5 Å². The second-order valence-electron chi connectivity index (χ2n) is 9.04. The average molecular weight is 529 g/mol. The zero-order chi connectivity index (χ0) is 27.1. The van der Waals surface area contributed by atoms with Crippen molar-refractivity contribution in [2.24, 2.45) is 0 Å². The number of hydrogen-bond donors (Lipinski definition) is 1. The molecule has 1 aliphatic heterocycles. The van der Waals surface area contributed by atoms with Gasteiger partial charge < -0.3 is 10.2 Å². The minimum atomic E-state index is -0.760. The van der Waals surface area contributed by atoms with Crippen molar-refractivity contribution in [2.75, 3.05) is 11.9 Å². The highest BCUT2D eigenvalue weighted by Gasteiger charge is 2.28. The molecule has 6 rings (SSSR count). The summed E-state index contributed by atoms with van der Waals surface area (Å²) in [6, 6.07) is 12.0. The molecule has 0 fully saturated rings. The molecule has 12 heteroatoms. The summed E-state index contributed by atoms with van der Waals surface area (Å²) < 4.78 is 30.5. The van der Waals surface area contributed by atoms with Crippen molar-refractivity contribution in [3.8, 4) is 22.5 Å². The molecule has 1 aromatic carbocycles. The van der Waals surface area contributed by atoms with Crippen molar-refractivity contribution in [1.29, 1.82) is 0 Å². The van der Waals surface area contributed by atoms with Crippen molar-refractivity contribution in [3.63, 3.8) is 0 Å². The molecule has 2 amide bonds. The molecular weight excluding hydrogens is 506 g/mol. The molecular formula is C27H22F2N8O2. The Balaban J connectivity index is 1.40. The summed E-state index contributed by atoms with van der Waals surface area (Å²) in [5.41, 5.74) is 4.03. The number of fused-ring (bicyclic) bond motifs is 2. The zero-order valence-corrected chi connectivity index (χ0v) is 20.8. The van der Waals surface area contributed by atoms with Crippen molar-refractivity contribution in [1.82, 2.24) is 34.3 Å². The largest absolute Gasteiger partial charge is 0.335 e. The maximum atomic E-state index is 13.7. The number of nitrogens with zero attached hydrogens (tertiary/aromatic N) is 7. The van der Waals surface area contributed by atoms with Crippen LogP contribution >= 0.6 is 0 Å². The third-order valence-electron chi connectivity index (χ3n) is 6.56. The van der Waals surface area contributed by atoms with Gasteiger partial charge in [-0.25, -0.2) is 18.9 Å². The lowest BCUT2D eigenvalue weighted by molar-refractivity contribution is -0.132. The van der Waals surface area contributed by atoms with Gasteiger partial charge in [-0.1, -0.05) is 6.92 Å². The van der Waals surface area contributed by atoms with Crippen LogP contribution in [0.25, 0.3) is 28.2 Å². The fourth-order valence-electron chi connectivity index (χ4n) is 4.64. The van der Waals surface area contributed by atoms with E-state index >= 15 is 0 Å². The van der Waals surface area contributed by atoms with Crippen LogP contribution in [0.4, 0.5) is 14.6 Å². The average Bonchev–Trinajstić information content (AvgIpc) is 3.52. The highest BCUT2D eigenvalue weighted by Crippen LogP contribution is 2.36. The minimum Gasteiger partial charge on any atom is -0.335 e. The first-order valence-corrected chi connectivity index (χ1v) is 12.3. The fourth-order valence-corrected chi connectivity index (χ4v) is 4.64. The molecule has 1 N–H and O–H groups in total. The highest BCUT2D eigenvalue weighted by atomic mass is 19.1. The van der Waals surface area contributed by atoms with Gasteiger partial charge >= 0.3 is 0 Å². The monoisotopic (exact) mass is 528 g/mol. The summed E-state index contributed by atoms with van der Waals surface area (Å²) in [5, 5.41) is 12.2. The first-order chi connectivity index (χ1) is 18.9. The summed E-state index contributed by atoms with van der Waals surface area (Å²) in [6.45, 7) is 3.26. The SMILES string of the molecule is CCC(=O)N1CCn2nc(-c3ccc(F)cc3)c(-c3ccc4nc(NC(=O)c5ccnc(F)c5)cn4n3)c2C1. The molecule has 0 radical (unpaired) electrons. The van der Waals surface area contributed by atoms with Crippen LogP contribution < -0.4 is 5.32 Å². The Morgan fingerprint density at radius 3 is 2.62 bits per heavy atom. The van der Waals surface area contributed by atoms with E-state index in [2.05, 4.69) is 15.3 Å². The lowest BCUT2D eigenvalue weighted by atomic mass is 10.0. The molecule has 39 heavy (non-hydrogen) atoms. The molecule has 1 aliphatic rings. The Bertz CT molecular complexity index is 1730. The molecule has 5 aromatic rings. The quantitative estimate of drug-likeness (QED) is 0.346. The van der Waals surface area contributed by atoms with Gasteiger partial charge in [0.2, 0.25) is 11.9 Å². The van der Waals surface area contributed by atoms with E-state index in [0.717, 1.165) is 17.3 Å². The minimum absolute atomic E-state index is 0.0456. The standard InChI is InChI=1S/C27H22F2N8O2/c1-2-24(38)35-11-12-36-20(14-35)25(26(34-36)16-3-5-18(28)6-4-16)19-7-8-23-31-22(15-37(23)33-19)32-27(39)17-9-10-30-21(29)13-17/h3-10,13,15H,2,11-12,14H2,1H3,(H,32,39). The van der Waals surface area contributed by atoms with Crippen LogP contribution in [0.15, 0.2) is 60.9 Å². The van der Waals surface area contributed by atoms with E-state index in [1.807, 2.05) is 11.6 Å². The molecule has 5 heterocycles. The summed E-state index contributed by atoms with van der Waals surface area (Å²) >= 11 is 0. The number of benzene rings is 1. The van der Waals surface area contributed by atoms with Crippen LogP contribution in [0, 0.1) is 11.8 Å². The topological polar surface area (TPSA) is 110 Å². The number of pyridine rings is 1. The van der Waals surface area contributed by atoms with Gasteiger partial charge in [-0.3, -0.25) is 14.3 Å². The first kappa shape index (κ1) is 24.3. The second kappa shape index (κ2) is 9.71. The number of rotatable bonds is 5. The number of halogens is 2. The van der Waals surface area contributed by atoms with Crippen LogP contribution in [0.2, 0.25) is 0 Å². The van der Waals surface area contributed by atoms with Gasteiger partial charge in [0.25, 0.3) is 5.91 Å². The maximum absolute atomic E-state index is 13.7. The predicted octanol–water partition coefficient (Wildman–Crippen LogP) is 3.94. The molecule has 4 aromatic heterocycles. The van der Waals surface area contributed by atoms with Crippen molar-refractivity contribution in [3.05, 3.63) is 83.9 Å². The molecule has 0 saturated heterocycles. The number of hydrogen-bond acceptors (Lipinski definition) is 6. The normalized spacial score (nSPS) is 12.9. The molecule has 0 spiro atoms. The van der Waals surface area contributed by atoms with Gasteiger partial charge in [0.15, 0.2) is 11.5 Å². The number of nitrogens with one attached hydrogen (secondary N) is 1.